The lowest BCUT2D eigenvalue weighted by atomic mass is 9.91. The lowest BCUT2D eigenvalue weighted by Crippen LogP contribution is -2.41. The van der Waals surface area contributed by atoms with Crippen molar-refractivity contribution < 1.29 is 4.79 Å². The summed E-state index contributed by atoms with van der Waals surface area (Å²) in [6.45, 7) is 8.66. The highest BCUT2D eigenvalue weighted by molar-refractivity contribution is 6.30. The second-order valence-corrected chi connectivity index (χ2v) is 10.2. The van der Waals surface area contributed by atoms with Crippen LogP contribution in [0.4, 0.5) is 0 Å². The minimum Gasteiger partial charge on any atom is -0.356 e. The van der Waals surface area contributed by atoms with Crippen molar-refractivity contribution in [2.45, 2.75) is 51.1 Å². The maximum atomic E-state index is 13.1. The molecule has 1 aromatic heterocycles. The molecule has 1 aliphatic heterocycles. The van der Waals surface area contributed by atoms with Crippen LogP contribution in [0.1, 0.15) is 56.8 Å². The van der Waals surface area contributed by atoms with E-state index in [0.717, 1.165) is 30.6 Å². The zero-order valence-corrected chi connectivity index (χ0v) is 20.0. The Bertz CT molecular complexity index is 865. The van der Waals surface area contributed by atoms with Gasteiger partial charge in [0.05, 0.1) is 10.9 Å². The van der Waals surface area contributed by atoms with Crippen LogP contribution in [0.15, 0.2) is 42.6 Å². The van der Waals surface area contributed by atoms with E-state index in [1.54, 1.807) is 6.20 Å². The number of aromatic nitrogens is 1. The first-order chi connectivity index (χ1) is 14.6. The summed E-state index contributed by atoms with van der Waals surface area (Å²) in [5.74, 6) is -0.0146. The Labute approximate surface area is 195 Å². The van der Waals surface area contributed by atoms with Gasteiger partial charge < -0.3 is 11.1 Å². The molecule has 0 saturated carbocycles. The van der Waals surface area contributed by atoms with Gasteiger partial charge in [-0.3, -0.25) is 14.7 Å². The molecule has 1 fully saturated rings. The number of pyridine rings is 1. The molecule has 1 aliphatic rings. The first-order valence-corrected chi connectivity index (χ1v) is 11.6. The summed E-state index contributed by atoms with van der Waals surface area (Å²) in [4.78, 5) is 19.9. The second-order valence-electron chi connectivity index (χ2n) is 9.28. The minimum absolute atomic E-state index is 0.00887. The van der Waals surface area contributed by atoms with Crippen molar-refractivity contribution in [3.8, 4) is 0 Å². The van der Waals surface area contributed by atoms with Gasteiger partial charge in [-0.15, -0.1) is 0 Å². The molecule has 0 unspecified atom stereocenters. The van der Waals surface area contributed by atoms with E-state index in [0.29, 0.717) is 23.1 Å². The summed E-state index contributed by atoms with van der Waals surface area (Å²) >= 11 is 12.0. The number of hydrogen-bond acceptors (Lipinski definition) is 4. The fraction of sp³-hybridized carbons (Fsp3) is 0.500. The number of carbonyl (C=O) groups excluding carboxylic acids is 1. The van der Waals surface area contributed by atoms with E-state index in [1.807, 2.05) is 36.4 Å². The van der Waals surface area contributed by atoms with E-state index in [4.69, 9.17) is 28.9 Å². The average Bonchev–Trinajstić information content (AvgIpc) is 3.18. The molecule has 1 saturated heterocycles. The van der Waals surface area contributed by atoms with Crippen molar-refractivity contribution in [1.82, 2.24) is 15.2 Å². The molecule has 2 aromatic rings. The van der Waals surface area contributed by atoms with E-state index in [9.17, 15) is 4.79 Å². The van der Waals surface area contributed by atoms with Crippen molar-refractivity contribution in [2.75, 3.05) is 19.6 Å². The summed E-state index contributed by atoms with van der Waals surface area (Å²) in [5, 5.41) is 4.43. The highest BCUT2D eigenvalue weighted by Gasteiger charge is 2.42. The lowest BCUT2D eigenvalue weighted by molar-refractivity contribution is -0.125. The second kappa shape index (κ2) is 10.3. The van der Waals surface area contributed by atoms with Crippen LogP contribution in [-0.2, 0) is 4.79 Å². The molecule has 5 nitrogen and oxygen atoms in total. The summed E-state index contributed by atoms with van der Waals surface area (Å²) in [6, 6.07) is 11.3. The van der Waals surface area contributed by atoms with Crippen LogP contribution in [0, 0.1) is 5.92 Å². The number of halogens is 2. The van der Waals surface area contributed by atoms with Gasteiger partial charge in [0.1, 0.15) is 0 Å². The molecule has 0 aliphatic carbocycles. The summed E-state index contributed by atoms with van der Waals surface area (Å²) in [7, 11) is 0. The highest BCUT2D eigenvalue weighted by Crippen LogP contribution is 2.35. The zero-order chi connectivity index (χ0) is 22.6. The summed E-state index contributed by atoms with van der Waals surface area (Å²) in [6.07, 6.45) is 3.27. The number of benzene rings is 1. The monoisotopic (exact) mass is 462 g/mol. The number of nitrogens with one attached hydrogen (secondary N) is 1. The molecule has 1 aromatic carbocycles. The van der Waals surface area contributed by atoms with Crippen LogP contribution in [0.3, 0.4) is 0 Å². The summed E-state index contributed by atoms with van der Waals surface area (Å²) in [5.41, 5.74) is 8.24. The number of nitrogens with two attached hydrogens (primary N) is 1. The van der Waals surface area contributed by atoms with Crippen LogP contribution < -0.4 is 11.1 Å². The highest BCUT2D eigenvalue weighted by atomic mass is 35.5. The van der Waals surface area contributed by atoms with Gasteiger partial charge in [0, 0.05) is 54.0 Å². The Morgan fingerprint density at radius 2 is 1.84 bits per heavy atom. The topological polar surface area (TPSA) is 71.2 Å². The summed E-state index contributed by atoms with van der Waals surface area (Å²) < 4.78 is 0. The molecule has 2 heterocycles. The molecule has 3 atom stereocenters. The van der Waals surface area contributed by atoms with Crippen molar-refractivity contribution in [3.05, 3.63) is 63.9 Å². The normalized spacial score (nSPS) is 20.6. The van der Waals surface area contributed by atoms with Crippen molar-refractivity contribution in [3.63, 3.8) is 0 Å². The number of likely N-dealkylation sites (tertiary alicyclic amines) is 1. The molecular weight excluding hydrogens is 431 g/mol. The molecule has 3 N–H and O–H groups in total. The van der Waals surface area contributed by atoms with Gasteiger partial charge in [-0.2, -0.15) is 0 Å². The number of nitrogens with zero attached hydrogens (tertiary/aromatic N) is 2. The predicted octanol–water partition coefficient (Wildman–Crippen LogP) is 4.80. The van der Waals surface area contributed by atoms with E-state index in [1.165, 1.54) is 0 Å². The van der Waals surface area contributed by atoms with Gasteiger partial charge in [-0.05, 0) is 63.4 Å². The van der Waals surface area contributed by atoms with Crippen LogP contribution in [0.25, 0.3) is 0 Å². The van der Waals surface area contributed by atoms with Gasteiger partial charge in [-0.25, -0.2) is 0 Å². The fourth-order valence-corrected chi connectivity index (χ4v) is 4.30. The van der Waals surface area contributed by atoms with E-state index in [-0.39, 0.29) is 29.3 Å². The number of hydrogen-bond donors (Lipinski definition) is 2. The Balaban J connectivity index is 1.57. The number of amides is 1. The third kappa shape index (κ3) is 6.42. The Morgan fingerprint density at radius 3 is 2.45 bits per heavy atom. The molecule has 31 heavy (non-hydrogen) atoms. The third-order valence-corrected chi connectivity index (χ3v) is 6.50. The van der Waals surface area contributed by atoms with Gasteiger partial charge in [-0.1, -0.05) is 35.3 Å². The van der Waals surface area contributed by atoms with Gasteiger partial charge in [0.2, 0.25) is 5.91 Å². The van der Waals surface area contributed by atoms with Crippen molar-refractivity contribution in [1.29, 1.82) is 0 Å². The van der Waals surface area contributed by atoms with Gasteiger partial charge in [0.25, 0.3) is 0 Å². The smallest absolute Gasteiger partial charge is 0.225 e. The maximum absolute atomic E-state index is 13.1. The van der Waals surface area contributed by atoms with Gasteiger partial charge >= 0.3 is 0 Å². The van der Waals surface area contributed by atoms with Crippen LogP contribution in [-0.4, -0.2) is 41.0 Å². The number of rotatable bonds is 7. The third-order valence-electron chi connectivity index (χ3n) is 6.02. The molecular formula is C24H32Cl2N4O. The first-order valence-electron chi connectivity index (χ1n) is 10.8. The molecule has 3 rings (SSSR count). The minimum atomic E-state index is -0.141. The van der Waals surface area contributed by atoms with E-state index < -0.39 is 0 Å². The molecule has 0 bridgehead atoms. The van der Waals surface area contributed by atoms with E-state index in [2.05, 4.69) is 36.0 Å². The average molecular weight is 463 g/mol. The van der Waals surface area contributed by atoms with Crippen molar-refractivity contribution in [2.24, 2.45) is 11.7 Å². The molecule has 168 valence electrons. The Morgan fingerprint density at radius 1 is 1.16 bits per heavy atom. The Hall–Kier alpha value is -1.66. The quantitative estimate of drug-likeness (QED) is 0.579. The van der Waals surface area contributed by atoms with Crippen LogP contribution in [0.2, 0.25) is 10.0 Å². The van der Waals surface area contributed by atoms with E-state index >= 15 is 0 Å². The molecule has 1 amide bonds. The zero-order valence-electron chi connectivity index (χ0n) is 18.4. The SMILES string of the molecule is CC(C)(C)N1C[C@@H](C(=O)NCCC[C@H](N)c2ccc(Cl)cc2)[C@H](c2ccc(Cl)cn2)C1. The molecule has 0 spiro atoms. The Kier molecular flexibility index (Phi) is 7.98. The van der Waals surface area contributed by atoms with Crippen LogP contribution >= 0.6 is 23.2 Å². The van der Waals surface area contributed by atoms with Crippen LogP contribution in [0.5, 0.6) is 0 Å². The predicted molar refractivity (Wildman–Crippen MR) is 127 cm³/mol. The lowest BCUT2D eigenvalue weighted by Gasteiger charge is -2.31. The largest absolute Gasteiger partial charge is 0.356 e. The standard InChI is InChI=1S/C24H32Cl2N4O/c1-24(2,3)30-14-19(22-11-10-18(26)13-29-22)20(15-30)23(31)28-12-4-5-21(27)16-6-8-17(25)9-7-16/h6-11,13,19-21H,4-5,12,14-15,27H2,1-3H3,(H,28,31)/t19-,20-,21+/m1/s1. The maximum Gasteiger partial charge on any atom is 0.225 e. The van der Waals surface area contributed by atoms with Gasteiger partial charge in [0.15, 0.2) is 0 Å². The fourth-order valence-electron chi connectivity index (χ4n) is 4.06. The van der Waals surface area contributed by atoms with Crippen molar-refractivity contribution >= 4 is 29.1 Å². The number of carbonyl (C=O) groups is 1. The first kappa shape index (κ1) is 24.0. The molecule has 7 heteroatoms. The molecule has 0 radical (unpaired) electrons.